The maximum Gasteiger partial charge on any atom is 0.200 e. The van der Waals surface area contributed by atoms with Crippen molar-refractivity contribution < 1.29 is 4.74 Å². The third-order valence-electron chi connectivity index (χ3n) is 4.27. The van der Waals surface area contributed by atoms with Crippen LogP contribution in [0.5, 0.6) is 0 Å². The lowest BCUT2D eigenvalue weighted by molar-refractivity contribution is -0.0212. The average Bonchev–Trinajstić information content (AvgIpc) is 3.08. The lowest BCUT2D eigenvalue weighted by Crippen LogP contribution is -2.40. The molecule has 1 N–H and O–H groups in total. The SMILES string of the molecule is C[C@H]1CN(Cc2cccc(CNc3ccc4nnnn4n3)c2)CCO1. The molecule has 1 fully saturated rings. The van der Waals surface area contributed by atoms with Gasteiger partial charge in [-0.15, -0.1) is 14.8 Å². The second-order valence-electron chi connectivity index (χ2n) is 6.34. The average molecular weight is 339 g/mol. The quantitative estimate of drug-likeness (QED) is 0.751. The van der Waals surface area contributed by atoms with E-state index in [1.54, 1.807) is 0 Å². The Kier molecular flexibility index (Phi) is 4.53. The van der Waals surface area contributed by atoms with Crippen molar-refractivity contribution in [1.82, 2.24) is 30.2 Å². The first-order valence-electron chi connectivity index (χ1n) is 8.47. The van der Waals surface area contributed by atoms with Crippen molar-refractivity contribution >= 4 is 11.5 Å². The van der Waals surface area contributed by atoms with Crippen LogP contribution in [0.2, 0.25) is 0 Å². The van der Waals surface area contributed by atoms with Crippen molar-refractivity contribution in [3.8, 4) is 0 Å². The highest BCUT2D eigenvalue weighted by Gasteiger charge is 2.16. The first-order valence-corrected chi connectivity index (χ1v) is 8.47. The van der Waals surface area contributed by atoms with E-state index in [0.29, 0.717) is 18.3 Å². The van der Waals surface area contributed by atoms with E-state index >= 15 is 0 Å². The molecule has 0 bridgehead atoms. The monoisotopic (exact) mass is 339 g/mol. The molecule has 8 nitrogen and oxygen atoms in total. The van der Waals surface area contributed by atoms with Crippen LogP contribution in [0.4, 0.5) is 5.82 Å². The second kappa shape index (κ2) is 7.12. The largest absolute Gasteiger partial charge is 0.376 e. The fraction of sp³-hybridized carbons (Fsp3) is 0.412. The van der Waals surface area contributed by atoms with Crippen LogP contribution in [0.3, 0.4) is 0 Å². The number of ether oxygens (including phenoxy) is 1. The van der Waals surface area contributed by atoms with E-state index in [2.05, 4.69) is 62.0 Å². The van der Waals surface area contributed by atoms with E-state index in [0.717, 1.165) is 32.1 Å². The maximum absolute atomic E-state index is 5.61. The first kappa shape index (κ1) is 15.9. The molecule has 0 aliphatic carbocycles. The molecule has 130 valence electrons. The normalized spacial score (nSPS) is 18.5. The Morgan fingerprint density at radius 2 is 2.16 bits per heavy atom. The summed E-state index contributed by atoms with van der Waals surface area (Å²) in [6, 6.07) is 12.4. The zero-order chi connectivity index (χ0) is 17.1. The van der Waals surface area contributed by atoms with Crippen LogP contribution in [0.15, 0.2) is 36.4 Å². The summed E-state index contributed by atoms with van der Waals surface area (Å²) in [5.41, 5.74) is 3.17. The van der Waals surface area contributed by atoms with Gasteiger partial charge in [0.05, 0.1) is 12.7 Å². The molecular formula is C17H21N7O. The predicted molar refractivity (Wildman–Crippen MR) is 93.0 cm³/mol. The van der Waals surface area contributed by atoms with E-state index in [1.807, 2.05) is 12.1 Å². The highest BCUT2D eigenvalue weighted by molar-refractivity contribution is 5.42. The molecule has 25 heavy (non-hydrogen) atoms. The Labute approximate surface area is 145 Å². The number of hydrogen-bond donors (Lipinski definition) is 1. The molecule has 0 spiro atoms. The number of nitrogens with one attached hydrogen (secondary N) is 1. The summed E-state index contributed by atoms with van der Waals surface area (Å²) < 4.78 is 7.02. The number of rotatable bonds is 5. The minimum atomic E-state index is 0.311. The summed E-state index contributed by atoms with van der Waals surface area (Å²) in [6.45, 7) is 6.57. The Morgan fingerprint density at radius 1 is 1.24 bits per heavy atom. The molecule has 0 unspecified atom stereocenters. The van der Waals surface area contributed by atoms with Gasteiger partial charge >= 0.3 is 0 Å². The van der Waals surface area contributed by atoms with Gasteiger partial charge in [0.25, 0.3) is 0 Å². The fourth-order valence-corrected chi connectivity index (χ4v) is 3.07. The van der Waals surface area contributed by atoms with Gasteiger partial charge in [-0.05, 0) is 40.6 Å². The van der Waals surface area contributed by atoms with Gasteiger partial charge in [0, 0.05) is 26.2 Å². The Balaban J connectivity index is 1.39. The lowest BCUT2D eigenvalue weighted by Gasteiger charge is -2.31. The molecule has 0 radical (unpaired) electrons. The smallest absolute Gasteiger partial charge is 0.200 e. The second-order valence-corrected chi connectivity index (χ2v) is 6.34. The van der Waals surface area contributed by atoms with Crippen LogP contribution in [0.1, 0.15) is 18.1 Å². The molecule has 1 saturated heterocycles. The zero-order valence-electron chi connectivity index (χ0n) is 14.2. The highest BCUT2D eigenvalue weighted by atomic mass is 16.5. The highest BCUT2D eigenvalue weighted by Crippen LogP contribution is 2.13. The van der Waals surface area contributed by atoms with Gasteiger partial charge in [0.15, 0.2) is 5.65 Å². The minimum absolute atomic E-state index is 0.311. The lowest BCUT2D eigenvalue weighted by atomic mass is 10.1. The van der Waals surface area contributed by atoms with Crippen molar-refractivity contribution in [2.75, 3.05) is 25.0 Å². The first-order chi connectivity index (χ1) is 12.3. The summed E-state index contributed by atoms with van der Waals surface area (Å²) in [7, 11) is 0. The molecule has 8 heteroatoms. The van der Waals surface area contributed by atoms with Crippen LogP contribution in [0, 0.1) is 0 Å². The van der Waals surface area contributed by atoms with Gasteiger partial charge in [0.1, 0.15) is 5.82 Å². The molecule has 2 aromatic heterocycles. The van der Waals surface area contributed by atoms with E-state index in [4.69, 9.17) is 4.74 Å². The van der Waals surface area contributed by atoms with Gasteiger partial charge in [-0.2, -0.15) is 0 Å². The molecule has 0 amide bonds. The number of fused-ring (bicyclic) bond motifs is 1. The summed E-state index contributed by atoms with van der Waals surface area (Å²) in [6.07, 6.45) is 0.311. The van der Waals surface area contributed by atoms with Gasteiger partial charge in [-0.1, -0.05) is 24.3 Å². The molecule has 1 aliphatic heterocycles. The van der Waals surface area contributed by atoms with Gasteiger partial charge < -0.3 is 10.1 Å². The number of hydrogen-bond acceptors (Lipinski definition) is 7. The number of morpholine rings is 1. The van der Waals surface area contributed by atoms with E-state index < -0.39 is 0 Å². The maximum atomic E-state index is 5.61. The standard InChI is InChI=1S/C17H21N7O/c1-13-11-23(7-8-25-13)12-15-4-2-3-14(9-15)10-18-16-5-6-17-19-21-22-24(17)20-16/h2-6,9,13H,7-8,10-12H2,1H3,(H,18,20)/t13-/m0/s1. The Morgan fingerprint density at radius 3 is 3.08 bits per heavy atom. The van der Waals surface area contributed by atoms with Crippen molar-refractivity contribution in [2.45, 2.75) is 26.1 Å². The number of aromatic nitrogens is 5. The Hall–Kier alpha value is -2.58. The van der Waals surface area contributed by atoms with E-state index in [1.165, 1.54) is 15.8 Å². The minimum Gasteiger partial charge on any atom is -0.376 e. The molecule has 1 atom stereocenters. The third-order valence-corrected chi connectivity index (χ3v) is 4.27. The predicted octanol–water partition coefficient (Wildman–Crippen LogP) is 1.35. The van der Waals surface area contributed by atoms with Crippen LogP contribution in [-0.4, -0.2) is 56.0 Å². The third kappa shape index (κ3) is 3.92. The number of anilines is 1. The molecule has 3 heterocycles. The van der Waals surface area contributed by atoms with Crippen LogP contribution in [-0.2, 0) is 17.8 Å². The fourth-order valence-electron chi connectivity index (χ4n) is 3.07. The summed E-state index contributed by atoms with van der Waals surface area (Å²) in [5.74, 6) is 0.743. The molecule has 1 aromatic carbocycles. The number of benzene rings is 1. The molecular weight excluding hydrogens is 318 g/mol. The van der Waals surface area contributed by atoms with Gasteiger partial charge in [0.2, 0.25) is 0 Å². The molecule has 0 saturated carbocycles. The summed E-state index contributed by atoms with van der Waals surface area (Å²) in [5, 5.41) is 18.9. The van der Waals surface area contributed by atoms with Crippen LogP contribution >= 0.6 is 0 Å². The zero-order valence-corrected chi connectivity index (χ0v) is 14.2. The van der Waals surface area contributed by atoms with Crippen molar-refractivity contribution in [1.29, 1.82) is 0 Å². The molecule has 1 aliphatic rings. The topological polar surface area (TPSA) is 80.5 Å². The van der Waals surface area contributed by atoms with Crippen molar-refractivity contribution in [2.24, 2.45) is 0 Å². The summed E-state index contributed by atoms with van der Waals surface area (Å²) >= 11 is 0. The van der Waals surface area contributed by atoms with Crippen molar-refractivity contribution in [3.63, 3.8) is 0 Å². The molecule has 3 aromatic rings. The number of nitrogens with zero attached hydrogens (tertiary/aromatic N) is 6. The van der Waals surface area contributed by atoms with Crippen molar-refractivity contribution in [3.05, 3.63) is 47.5 Å². The van der Waals surface area contributed by atoms with Crippen LogP contribution < -0.4 is 5.32 Å². The van der Waals surface area contributed by atoms with Gasteiger partial charge in [-0.25, -0.2) is 0 Å². The van der Waals surface area contributed by atoms with Gasteiger partial charge in [-0.3, -0.25) is 4.90 Å². The molecule has 4 rings (SSSR count). The number of tetrazole rings is 1. The van der Waals surface area contributed by atoms with E-state index in [9.17, 15) is 0 Å². The van der Waals surface area contributed by atoms with E-state index in [-0.39, 0.29) is 0 Å². The summed E-state index contributed by atoms with van der Waals surface area (Å²) in [4.78, 5) is 2.44. The Bertz CT molecular complexity index is 850. The van der Waals surface area contributed by atoms with Crippen LogP contribution in [0.25, 0.3) is 5.65 Å².